The summed E-state index contributed by atoms with van der Waals surface area (Å²) in [6.07, 6.45) is 2.85. The minimum absolute atomic E-state index is 0.0547. The van der Waals surface area contributed by atoms with E-state index in [9.17, 15) is 9.59 Å². The first kappa shape index (κ1) is 16.2. The SMILES string of the molecule is CN(Cc1ccon1)C(=O)CN1CC(Cc2ccccc2)CC1=O. The summed E-state index contributed by atoms with van der Waals surface area (Å²) in [5, 5.41) is 3.79. The smallest absolute Gasteiger partial charge is 0.242 e. The number of likely N-dealkylation sites (tertiary alicyclic amines) is 1. The van der Waals surface area contributed by atoms with Crippen molar-refractivity contribution in [1.82, 2.24) is 15.0 Å². The Morgan fingerprint density at radius 3 is 2.83 bits per heavy atom. The molecule has 0 N–H and O–H groups in total. The van der Waals surface area contributed by atoms with Gasteiger partial charge in [0.1, 0.15) is 12.0 Å². The van der Waals surface area contributed by atoms with Gasteiger partial charge in [-0.2, -0.15) is 0 Å². The van der Waals surface area contributed by atoms with E-state index < -0.39 is 0 Å². The van der Waals surface area contributed by atoms with Crippen LogP contribution >= 0.6 is 0 Å². The number of nitrogens with zero attached hydrogens (tertiary/aromatic N) is 3. The molecule has 126 valence electrons. The van der Waals surface area contributed by atoms with E-state index in [1.165, 1.54) is 11.8 Å². The van der Waals surface area contributed by atoms with Gasteiger partial charge in [-0.3, -0.25) is 9.59 Å². The topological polar surface area (TPSA) is 66.7 Å². The lowest BCUT2D eigenvalue weighted by atomic mass is 9.99. The molecule has 2 aromatic rings. The Bertz CT molecular complexity index is 685. The number of amides is 2. The molecule has 1 aromatic carbocycles. The lowest BCUT2D eigenvalue weighted by Crippen LogP contribution is -2.39. The molecule has 0 spiro atoms. The normalized spacial score (nSPS) is 17.3. The number of hydrogen-bond donors (Lipinski definition) is 0. The maximum absolute atomic E-state index is 12.3. The van der Waals surface area contributed by atoms with Crippen LogP contribution in [0.4, 0.5) is 0 Å². The highest BCUT2D eigenvalue weighted by Crippen LogP contribution is 2.22. The van der Waals surface area contributed by atoms with Crippen LogP contribution in [0, 0.1) is 5.92 Å². The highest BCUT2D eigenvalue weighted by molar-refractivity contribution is 5.86. The molecule has 0 saturated carbocycles. The van der Waals surface area contributed by atoms with Gasteiger partial charge >= 0.3 is 0 Å². The Kier molecular flexibility index (Phi) is 4.93. The number of carbonyl (C=O) groups is 2. The van der Waals surface area contributed by atoms with Crippen LogP contribution in [0.3, 0.4) is 0 Å². The van der Waals surface area contributed by atoms with Crippen molar-refractivity contribution in [2.45, 2.75) is 19.4 Å². The van der Waals surface area contributed by atoms with Gasteiger partial charge in [0.15, 0.2) is 0 Å². The van der Waals surface area contributed by atoms with Crippen molar-refractivity contribution in [2.24, 2.45) is 5.92 Å². The second kappa shape index (κ2) is 7.29. The molecule has 1 unspecified atom stereocenters. The molecular formula is C18H21N3O3. The first-order chi connectivity index (χ1) is 11.6. The van der Waals surface area contributed by atoms with Gasteiger partial charge < -0.3 is 14.3 Å². The van der Waals surface area contributed by atoms with Crippen molar-refractivity contribution < 1.29 is 14.1 Å². The molecule has 6 nitrogen and oxygen atoms in total. The highest BCUT2D eigenvalue weighted by atomic mass is 16.5. The van der Waals surface area contributed by atoms with E-state index in [1.54, 1.807) is 22.9 Å². The first-order valence-electron chi connectivity index (χ1n) is 8.06. The first-order valence-corrected chi connectivity index (χ1v) is 8.06. The van der Waals surface area contributed by atoms with E-state index in [0.717, 1.165) is 6.42 Å². The van der Waals surface area contributed by atoms with Crippen molar-refractivity contribution in [3.8, 4) is 0 Å². The number of carbonyl (C=O) groups excluding carboxylic acids is 2. The molecule has 1 aromatic heterocycles. The predicted molar refractivity (Wildman–Crippen MR) is 87.8 cm³/mol. The number of benzene rings is 1. The maximum atomic E-state index is 12.3. The summed E-state index contributed by atoms with van der Waals surface area (Å²) in [7, 11) is 1.71. The molecule has 2 heterocycles. The van der Waals surface area contributed by atoms with Gasteiger partial charge in [0.25, 0.3) is 0 Å². The molecule has 0 aliphatic carbocycles. The van der Waals surface area contributed by atoms with E-state index in [4.69, 9.17) is 4.52 Å². The fourth-order valence-corrected chi connectivity index (χ4v) is 3.03. The second-order valence-corrected chi connectivity index (χ2v) is 6.27. The molecule has 2 amide bonds. The highest BCUT2D eigenvalue weighted by Gasteiger charge is 2.31. The van der Waals surface area contributed by atoms with Crippen LogP contribution in [0.5, 0.6) is 0 Å². The Balaban J connectivity index is 1.51. The van der Waals surface area contributed by atoms with E-state index in [0.29, 0.717) is 25.2 Å². The Hall–Kier alpha value is -2.63. The zero-order chi connectivity index (χ0) is 16.9. The number of likely N-dealkylation sites (N-methyl/N-ethyl adjacent to an activating group) is 1. The Morgan fingerprint density at radius 2 is 2.12 bits per heavy atom. The van der Waals surface area contributed by atoms with Crippen LogP contribution in [0.15, 0.2) is 47.2 Å². The lowest BCUT2D eigenvalue weighted by Gasteiger charge is -2.21. The third-order valence-electron chi connectivity index (χ3n) is 4.30. The molecule has 0 bridgehead atoms. The summed E-state index contributed by atoms with van der Waals surface area (Å²) in [4.78, 5) is 27.7. The fraction of sp³-hybridized carbons (Fsp3) is 0.389. The molecule has 6 heteroatoms. The number of rotatable bonds is 6. The minimum atomic E-state index is -0.0910. The van der Waals surface area contributed by atoms with Crippen molar-refractivity contribution >= 4 is 11.8 Å². The average Bonchev–Trinajstić information content (AvgIpc) is 3.19. The van der Waals surface area contributed by atoms with Crippen molar-refractivity contribution in [2.75, 3.05) is 20.1 Å². The van der Waals surface area contributed by atoms with Gasteiger partial charge in [-0.1, -0.05) is 35.5 Å². The summed E-state index contributed by atoms with van der Waals surface area (Å²) in [6, 6.07) is 11.9. The Labute approximate surface area is 141 Å². The largest absolute Gasteiger partial charge is 0.364 e. The molecule has 1 aliphatic rings. The standard InChI is InChI=1S/C18H21N3O3/c1-20(12-16-7-8-24-19-16)18(23)13-21-11-15(10-17(21)22)9-14-5-3-2-4-6-14/h2-8,15H,9-13H2,1H3. The van der Waals surface area contributed by atoms with E-state index in [1.807, 2.05) is 18.2 Å². The van der Waals surface area contributed by atoms with Crippen LogP contribution in [-0.2, 0) is 22.6 Å². The second-order valence-electron chi connectivity index (χ2n) is 6.27. The van der Waals surface area contributed by atoms with Crippen molar-refractivity contribution in [3.63, 3.8) is 0 Å². The number of aromatic nitrogens is 1. The molecule has 24 heavy (non-hydrogen) atoms. The zero-order valence-corrected chi connectivity index (χ0v) is 13.7. The molecule has 0 radical (unpaired) electrons. The summed E-state index contributed by atoms with van der Waals surface area (Å²) in [5.74, 6) is 0.236. The van der Waals surface area contributed by atoms with Crippen LogP contribution < -0.4 is 0 Å². The van der Waals surface area contributed by atoms with Crippen LogP contribution in [-0.4, -0.2) is 46.9 Å². The van der Waals surface area contributed by atoms with E-state index in [-0.39, 0.29) is 24.3 Å². The summed E-state index contributed by atoms with van der Waals surface area (Å²) < 4.78 is 4.76. The predicted octanol–water partition coefficient (Wildman–Crippen LogP) is 1.72. The molecule has 3 rings (SSSR count). The Morgan fingerprint density at radius 1 is 1.33 bits per heavy atom. The van der Waals surface area contributed by atoms with Gasteiger partial charge in [-0.25, -0.2) is 0 Å². The van der Waals surface area contributed by atoms with Crippen molar-refractivity contribution in [1.29, 1.82) is 0 Å². The molecule has 1 saturated heterocycles. The average molecular weight is 327 g/mol. The van der Waals surface area contributed by atoms with Gasteiger partial charge in [-0.05, 0) is 17.9 Å². The van der Waals surface area contributed by atoms with Crippen molar-refractivity contribution in [3.05, 3.63) is 53.9 Å². The minimum Gasteiger partial charge on any atom is -0.364 e. The van der Waals surface area contributed by atoms with E-state index >= 15 is 0 Å². The molecule has 1 aliphatic heterocycles. The zero-order valence-electron chi connectivity index (χ0n) is 13.7. The summed E-state index contributed by atoms with van der Waals surface area (Å²) in [6.45, 7) is 1.14. The van der Waals surface area contributed by atoms with Gasteiger partial charge in [-0.15, -0.1) is 0 Å². The molecule has 1 atom stereocenters. The van der Waals surface area contributed by atoms with Crippen LogP contribution in [0.2, 0.25) is 0 Å². The lowest BCUT2D eigenvalue weighted by molar-refractivity contribution is -0.137. The number of hydrogen-bond acceptors (Lipinski definition) is 4. The van der Waals surface area contributed by atoms with Gasteiger partial charge in [0.05, 0.1) is 13.1 Å². The van der Waals surface area contributed by atoms with Crippen LogP contribution in [0.1, 0.15) is 17.7 Å². The fourth-order valence-electron chi connectivity index (χ4n) is 3.03. The maximum Gasteiger partial charge on any atom is 0.242 e. The quantitative estimate of drug-likeness (QED) is 0.810. The van der Waals surface area contributed by atoms with Crippen LogP contribution in [0.25, 0.3) is 0 Å². The summed E-state index contributed by atoms with van der Waals surface area (Å²) in [5.41, 5.74) is 1.92. The third kappa shape index (κ3) is 4.01. The van der Waals surface area contributed by atoms with Gasteiger partial charge in [0.2, 0.25) is 11.8 Å². The summed E-state index contributed by atoms with van der Waals surface area (Å²) >= 11 is 0. The molecule has 1 fully saturated rings. The van der Waals surface area contributed by atoms with Gasteiger partial charge in [0, 0.05) is 26.1 Å². The molecular weight excluding hydrogens is 306 g/mol. The monoisotopic (exact) mass is 327 g/mol. The third-order valence-corrected chi connectivity index (χ3v) is 4.30. The van der Waals surface area contributed by atoms with E-state index in [2.05, 4.69) is 17.3 Å².